The van der Waals surface area contributed by atoms with Crippen LogP contribution in [0.15, 0.2) is 21.7 Å². The fourth-order valence-electron chi connectivity index (χ4n) is 2.71. The Bertz CT molecular complexity index is 751. The summed E-state index contributed by atoms with van der Waals surface area (Å²) < 4.78 is 27.7. The zero-order valence-corrected chi connectivity index (χ0v) is 14.8. The van der Waals surface area contributed by atoms with Crippen LogP contribution in [0.2, 0.25) is 0 Å². The van der Waals surface area contributed by atoms with E-state index in [1.807, 2.05) is 18.4 Å². The maximum absolute atomic E-state index is 12.9. The quantitative estimate of drug-likeness (QED) is 0.913. The van der Waals surface area contributed by atoms with Crippen LogP contribution in [-0.4, -0.2) is 36.8 Å². The average Bonchev–Trinajstić information content (AvgIpc) is 3.16. The maximum atomic E-state index is 12.9. The van der Waals surface area contributed by atoms with Gasteiger partial charge in [0.15, 0.2) is 0 Å². The molecule has 3 heterocycles. The molecule has 1 saturated heterocycles. The third kappa shape index (κ3) is 2.98. The van der Waals surface area contributed by atoms with Gasteiger partial charge in [0.25, 0.3) is 10.0 Å². The van der Waals surface area contributed by atoms with E-state index >= 15 is 0 Å². The molecular formula is C14H19N3O2S3. The van der Waals surface area contributed by atoms with Gasteiger partial charge in [-0.2, -0.15) is 4.31 Å². The van der Waals surface area contributed by atoms with Crippen molar-refractivity contribution in [2.45, 2.75) is 36.4 Å². The van der Waals surface area contributed by atoms with E-state index in [2.05, 4.69) is 4.98 Å². The Balaban J connectivity index is 1.91. The van der Waals surface area contributed by atoms with Gasteiger partial charge in [0.2, 0.25) is 0 Å². The summed E-state index contributed by atoms with van der Waals surface area (Å²) in [5.74, 6) is 0. The second-order valence-corrected chi connectivity index (χ2v) is 9.63. The largest absolute Gasteiger partial charge is 0.329 e. The van der Waals surface area contributed by atoms with Gasteiger partial charge in [-0.15, -0.1) is 22.7 Å². The first-order valence-electron chi connectivity index (χ1n) is 7.26. The number of nitrogens with zero attached hydrogens (tertiary/aromatic N) is 2. The molecule has 2 aromatic rings. The molecule has 22 heavy (non-hydrogen) atoms. The van der Waals surface area contributed by atoms with Gasteiger partial charge in [0.05, 0.1) is 15.6 Å². The van der Waals surface area contributed by atoms with Gasteiger partial charge < -0.3 is 5.73 Å². The average molecular weight is 358 g/mol. The van der Waals surface area contributed by atoms with Crippen LogP contribution in [0.1, 0.15) is 24.3 Å². The summed E-state index contributed by atoms with van der Waals surface area (Å²) in [5, 5.41) is 2.94. The Labute approximate surface area is 138 Å². The van der Waals surface area contributed by atoms with Gasteiger partial charge in [-0.3, -0.25) is 0 Å². The summed E-state index contributed by atoms with van der Waals surface area (Å²) in [5.41, 5.74) is 6.61. The van der Waals surface area contributed by atoms with Crippen LogP contribution in [0.5, 0.6) is 0 Å². The summed E-state index contributed by atoms with van der Waals surface area (Å²) in [6.07, 6.45) is 2.79. The van der Waals surface area contributed by atoms with Crippen LogP contribution in [-0.2, 0) is 10.0 Å². The van der Waals surface area contributed by atoms with E-state index in [-0.39, 0.29) is 6.04 Å². The lowest BCUT2D eigenvalue weighted by atomic mass is 10.1. The van der Waals surface area contributed by atoms with E-state index in [9.17, 15) is 8.42 Å². The van der Waals surface area contributed by atoms with Crippen molar-refractivity contribution in [2.75, 3.05) is 13.1 Å². The lowest BCUT2D eigenvalue weighted by molar-refractivity contribution is 0.258. The molecule has 1 unspecified atom stereocenters. The molecule has 0 aliphatic carbocycles. The molecule has 0 aromatic carbocycles. The molecule has 1 atom stereocenters. The standard InChI is InChI=1S/C14H19N3O2S3/c1-10-16-12(9-20-10)13-5-6-14(21-13)22(18,19)17-7-3-2-4-11(17)8-15/h5-6,9,11H,2-4,7-8,15H2,1H3. The fourth-order valence-corrected chi connectivity index (χ4v) is 6.50. The molecule has 1 aliphatic heterocycles. The van der Waals surface area contributed by atoms with Crippen LogP contribution in [0.25, 0.3) is 10.6 Å². The number of rotatable bonds is 4. The van der Waals surface area contributed by atoms with Crippen molar-refractivity contribution in [1.29, 1.82) is 0 Å². The number of thiazole rings is 1. The minimum Gasteiger partial charge on any atom is -0.329 e. The molecule has 8 heteroatoms. The van der Waals surface area contributed by atoms with E-state index < -0.39 is 10.0 Å². The van der Waals surface area contributed by atoms with E-state index in [4.69, 9.17) is 5.73 Å². The van der Waals surface area contributed by atoms with Gasteiger partial charge in [-0.25, -0.2) is 13.4 Å². The predicted octanol–water partition coefficient (Wildman–Crippen LogP) is 2.68. The van der Waals surface area contributed by atoms with Crippen molar-refractivity contribution in [3.05, 3.63) is 22.5 Å². The number of hydrogen-bond donors (Lipinski definition) is 1. The SMILES string of the molecule is Cc1nc(-c2ccc(S(=O)(=O)N3CCCCC3CN)s2)cs1. The molecule has 2 aromatic heterocycles. The van der Waals surface area contributed by atoms with E-state index in [0.29, 0.717) is 17.3 Å². The Hall–Kier alpha value is -0.800. The maximum Gasteiger partial charge on any atom is 0.252 e. The topological polar surface area (TPSA) is 76.3 Å². The smallest absolute Gasteiger partial charge is 0.252 e. The zero-order chi connectivity index (χ0) is 15.7. The lowest BCUT2D eigenvalue weighted by Crippen LogP contribution is -2.47. The van der Waals surface area contributed by atoms with Crippen molar-refractivity contribution in [3.8, 4) is 10.6 Å². The first-order valence-corrected chi connectivity index (χ1v) is 10.4. The van der Waals surface area contributed by atoms with Crippen molar-refractivity contribution in [3.63, 3.8) is 0 Å². The number of aryl methyl sites for hydroxylation is 1. The molecule has 0 amide bonds. The molecule has 0 saturated carbocycles. The van der Waals surface area contributed by atoms with Crippen LogP contribution >= 0.6 is 22.7 Å². The normalized spacial score (nSPS) is 20.4. The van der Waals surface area contributed by atoms with Crippen LogP contribution in [0, 0.1) is 6.92 Å². The van der Waals surface area contributed by atoms with Gasteiger partial charge in [0.1, 0.15) is 4.21 Å². The second-order valence-electron chi connectivity index (χ2n) is 5.37. The first-order chi connectivity index (χ1) is 10.5. The summed E-state index contributed by atoms with van der Waals surface area (Å²) in [6.45, 7) is 2.88. The highest BCUT2D eigenvalue weighted by molar-refractivity contribution is 7.91. The number of sulfonamides is 1. The molecule has 1 aliphatic rings. The lowest BCUT2D eigenvalue weighted by Gasteiger charge is -2.33. The molecule has 120 valence electrons. The molecule has 1 fully saturated rings. The van der Waals surface area contributed by atoms with Crippen LogP contribution in [0.4, 0.5) is 0 Å². The minimum absolute atomic E-state index is 0.0779. The number of piperidine rings is 1. The van der Waals surface area contributed by atoms with Crippen molar-refractivity contribution in [1.82, 2.24) is 9.29 Å². The summed E-state index contributed by atoms with van der Waals surface area (Å²) in [7, 11) is -3.46. The number of thiophene rings is 1. The molecule has 0 spiro atoms. The molecule has 0 bridgehead atoms. The Morgan fingerprint density at radius 1 is 1.41 bits per heavy atom. The Morgan fingerprint density at radius 3 is 2.91 bits per heavy atom. The summed E-state index contributed by atoms with van der Waals surface area (Å²) in [4.78, 5) is 5.31. The number of hydrogen-bond acceptors (Lipinski definition) is 6. The highest BCUT2D eigenvalue weighted by Gasteiger charge is 2.33. The summed E-state index contributed by atoms with van der Waals surface area (Å²) >= 11 is 2.85. The van der Waals surface area contributed by atoms with E-state index in [1.165, 1.54) is 11.3 Å². The van der Waals surface area contributed by atoms with Gasteiger partial charge >= 0.3 is 0 Å². The second kappa shape index (κ2) is 6.37. The third-order valence-corrected chi connectivity index (χ3v) is 8.16. The van der Waals surface area contributed by atoms with Crippen LogP contribution in [0.3, 0.4) is 0 Å². The van der Waals surface area contributed by atoms with E-state index in [0.717, 1.165) is 34.8 Å². The Kier molecular flexibility index (Phi) is 4.65. The molecule has 5 nitrogen and oxygen atoms in total. The number of aromatic nitrogens is 1. The number of nitrogens with two attached hydrogens (primary N) is 1. The molecular weight excluding hydrogens is 338 g/mol. The summed E-state index contributed by atoms with van der Waals surface area (Å²) in [6, 6.07) is 3.45. The highest BCUT2D eigenvalue weighted by atomic mass is 32.2. The highest BCUT2D eigenvalue weighted by Crippen LogP contribution is 2.34. The monoisotopic (exact) mass is 357 g/mol. The third-order valence-electron chi connectivity index (χ3n) is 3.86. The van der Waals surface area contributed by atoms with Crippen LogP contribution < -0.4 is 5.73 Å². The van der Waals surface area contributed by atoms with Crippen molar-refractivity contribution in [2.24, 2.45) is 5.73 Å². The molecule has 2 N–H and O–H groups in total. The minimum atomic E-state index is -3.46. The zero-order valence-electron chi connectivity index (χ0n) is 12.4. The first kappa shape index (κ1) is 16.1. The van der Waals surface area contributed by atoms with Gasteiger partial charge in [-0.05, 0) is 31.9 Å². The van der Waals surface area contributed by atoms with Crippen molar-refractivity contribution >= 4 is 32.7 Å². The Morgan fingerprint density at radius 2 is 2.23 bits per heavy atom. The van der Waals surface area contributed by atoms with E-state index in [1.54, 1.807) is 21.7 Å². The van der Waals surface area contributed by atoms with Gasteiger partial charge in [0, 0.05) is 24.5 Å². The van der Waals surface area contributed by atoms with Gasteiger partial charge in [-0.1, -0.05) is 6.42 Å². The molecule has 3 rings (SSSR count). The fraction of sp³-hybridized carbons (Fsp3) is 0.500. The molecule has 0 radical (unpaired) electrons. The van der Waals surface area contributed by atoms with Crippen molar-refractivity contribution < 1.29 is 8.42 Å². The predicted molar refractivity (Wildman–Crippen MR) is 90.7 cm³/mol.